The van der Waals surface area contributed by atoms with Crippen LogP contribution < -0.4 is 0 Å². The smallest absolute Gasteiger partial charge is 0.410 e. The van der Waals surface area contributed by atoms with Gasteiger partial charge in [0.25, 0.3) is 0 Å². The molecule has 0 radical (unpaired) electrons. The average Bonchev–Trinajstić information content (AvgIpc) is 2.15. The molecule has 0 aromatic carbocycles. The predicted octanol–water partition coefficient (Wildman–Crippen LogP) is 0.739. The third-order valence-electron chi connectivity index (χ3n) is 2.52. The molecule has 2 N–H and O–H groups in total. The number of ether oxygens (including phenoxy) is 1. The standard InChI is InChI=1S/C11H21NO4/c1-11(2,3)16-10(15)12-6-9(14)5-4-8(12)7-13/h8-9,13-14H,4-7H2,1-3H3/t8-,9-/m0/s1. The van der Waals surface area contributed by atoms with Crippen molar-refractivity contribution in [3.63, 3.8) is 0 Å². The van der Waals surface area contributed by atoms with Crippen LogP contribution in [0.4, 0.5) is 4.79 Å². The topological polar surface area (TPSA) is 70.0 Å². The number of carbonyl (C=O) groups excluding carboxylic acids is 1. The molecular formula is C11H21NO4. The van der Waals surface area contributed by atoms with Gasteiger partial charge >= 0.3 is 6.09 Å². The Bertz CT molecular complexity index is 249. The third kappa shape index (κ3) is 3.64. The fourth-order valence-electron chi connectivity index (χ4n) is 1.74. The van der Waals surface area contributed by atoms with E-state index in [2.05, 4.69) is 0 Å². The molecule has 1 rings (SSSR count). The van der Waals surface area contributed by atoms with E-state index in [1.807, 2.05) is 0 Å². The summed E-state index contributed by atoms with van der Waals surface area (Å²) in [5, 5.41) is 18.7. The summed E-state index contributed by atoms with van der Waals surface area (Å²) in [6, 6.07) is -0.238. The van der Waals surface area contributed by atoms with Crippen molar-refractivity contribution < 1.29 is 19.7 Å². The average molecular weight is 231 g/mol. The van der Waals surface area contributed by atoms with Crippen molar-refractivity contribution in [2.24, 2.45) is 0 Å². The minimum atomic E-state index is -0.556. The lowest BCUT2D eigenvalue weighted by molar-refractivity contribution is -0.0223. The highest BCUT2D eigenvalue weighted by atomic mass is 16.6. The zero-order valence-electron chi connectivity index (χ0n) is 10.1. The summed E-state index contributed by atoms with van der Waals surface area (Å²) in [6.45, 7) is 5.52. The molecule has 1 saturated heterocycles. The highest BCUT2D eigenvalue weighted by Crippen LogP contribution is 2.20. The number of hydrogen-bond acceptors (Lipinski definition) is 4. The van der Waals surface area contributed by atoms with Gasteiger partial charge in [-0.2, -0.15) is 0 Å². The molecule has 1 aliphatic rings. The fourth-order valence-corrected chi connectivity index (χ4v) is 1.74. The first kappa shape index (κ1) is 13.3. The Kier molecular flexibility index (Phi) is 4.15. The molecule has 1 heterocycles. The van der Waals surface area contributed by atoms with E-state index in [1.54, 1.807) is 20.8 Å². The van der Waals surface area contributed by atoms with E-state index in [1.165, 1.54) is 4.90 Å². The molecule has 0 aromatic heterocycles. The Morgan fingerprint density at radius 2 is 2.06 bits per heavy atom. The maximum Gasteiger partial charge on any atom is 0.410 e. The summed E-state index contributed by atoms with van der Waals surface area (Å²) in [5.74, 6) is 0. The third-order valence-corrected chi connectivity index (χ3v) is 2.52. The van der Waals surface area contributed by atoms with Gasteiger partial charge in [-0.15, -0.1) is 0 Å². The van der Waals surface area contributed by atoms with E-state index in [9.17, 15) is 9.90 Å². The molecule has 5 heteroatoms. The summed E-state index contributed by atoms with van der Waals surface area (Å²) in [4.78, 5) is 13.2. The number of aliphatic hydroxyl groups is 2. The van der Waals surface area contributed by atoms with Crippen LogP contribution in [-0.4, -0.2) is 52.1 Å². The maximum absolute atomic E-state index is 11.8. The van der Waals surface area contributed by atoms with Crippen LogP contribution in [0, 0.1) is 0 Å². The van der Waals surface area contributed by atoms with Crippen LogP contribution in [0.25, 0.3) is 0 Å². The van der Waals surface area contributed by atoms with Crippen molar-refractivity contribution in [1.82, 2.24) is 4.90 Å². The van der Waals surface area contributed by atoms with Crippen molar-refractivity contribution in [2.75, 3.05) is 13.2 Å². The van der Waals surface area contributed by atoms with E-state index in [0.717, 1.165) is 0 Å². The second kappa shape index (κ2) is 5.01. The predicted molar refractivity (Wildman–Crippen MR) is 59.1 cm³/mol. The number of amides is 1. The Morgan fingerprint density at radius 3 is 2.56 bits per heavy atom. The van der Waals surface area contributed by atoms with Gasteiger partial charge in [0.2, 0.25) is 0 Å². The molecule has 0 bridgehead atoms. The Balaban J connectivity index is 2.63. The second-order valence-corrected chi connectivity index (χ2v) is 5.20. The molecule has 0 aliphatic carbocycles. The highest BCUT2D eigenvalue weighted by molar-refractivity contribution is 5.68. The summed E-state index contributed by atoms with van der Waals surface area (Å²) in [7, 11) is 0. The highest BCUT2D eigenvalue weighted by Gasteiger charge is 2.33. The van der Waals surface area contributed by atoms with Gasteiger partial charge in [0.1, 0.15) is 5.60 Å². The van der Waals surface area contributed by atoms with Gasteiger partial charge in [0.05, 0.1) is 25.3 Å². The molecule has 5 nitrogen and oxygen atoms in total. The quantitative estimate of drug-likeness (QED) is 0.698. The van der Waals surface area contributed by atoms with Crippen molar-refractivity contribution in [3.8, 4) is 0 Å². The van der Waals surface area contributed by atoms with Crippen LogP contribution in [0.5, 0.6) is 0 Å². The Hall–Kier alpha value is -0.810. The number of rotatable bonds is 1. The van der Waals surface area contributed by atoms with E-state index in [0.29, 0.717) is 12.8 Å². The first-order valence-electron chi connectivity index (χ1n) is 5.62. The number of hydrogen-bond donors (Lipinski definition) is 2. The number of β-amino-alcohol motifs (C(OH)–C–C–N with tert-alkyl or cyclic N) is 1. The summed E-state index contributed by atoms with van der Waals surface area (Å²) in [5.41, 5.74) is -0.556. The molecule has 1 fully saturated rings. The zero-order valence-corrected chi connectivity index (χ0v) is 10.1. The van der Waals surface area contributed by atoms with Crippen molar-refractivity contribution in [1.29, 1.82) is 0 Å². The maximum atomic E-state index is 11.8. The minimum absolute atomic E-state index is 0.0913. The molecule has 16 heavy (non-hydrogen) atoms. The van der Waals surface area contributed by atoms with Crippen LogP contribution >= 0.6 is 0 Å². The van der Waals surface area contributed by atoms with Gasteiger partial charge in [0.15, 0.2) is 0 Å². The number of likely N-dealkylation sites (tertiary alicyclic amines) is 1. The van der Waals surface area contributed by atoms with Crippen molar-refractivity contribution in [3.05, 3.63) is 0 Å². The summed E-state index contributed by atoms with van der Waals surface area (Å²) >= 11 is 0. The molecular weight excluding hydrogens is 210 g/mol. The number of piperidine rings is 1. The lowest BCUT2D eigenvalue weighted by atomic mass is 10.0. The molecule has 0 unspecified atom stereocenters. The molecule has 1 amide bonds. The SMILES string of the molecule is CC(C)(C)OC(=O)N1C[C@@H](O)CC[C@H]1CO. The van der Waals surface area contributed by atoms with Crippen molar-refractivity contribution in [2.45, 2.75) is 51.4 Å². The van der Waals surface area contributed by atoms with E-state index >= 15 is 0 Å². The van der Waals surface area contributed by atoms with Gasteiger partial charge in [0, 0.05) is 0 Å². The summed E-state index contributed by atoms with van der Waals surface area (Å²) in [6.07, 6.45) is 0.238. The fraction of sp³-hybridized carbons (Fsp3) is 0.909. The van der Waals surface area contributed by atoms with Crippen LogP contribution in [0.2, 0.25) is 0 Å². The molecule has 0 spiro atoms. The van der Waals surface area contributed by atoms with Crippen LogP contribution in [0.3, 0.4) is 0 Å². The molecule has 2 atom stereocenters. The molecule has 1 aliphatic heterocycles. The minimum Gasteiger partial charge on any atom is -0.444 e. The van der Waals surface area contributed by atoms with Gasteiger partial charge in [-0.3, -0.25) is 0 Å². The van der Waals surface area contributed by atoms with Crippen LogP contribution in [-0.2, 0) is 4.74 Å². The van der Waals surface area contributed by atoms with Gasteiger partial charge in [-0.1, -0.05) is 0 Å². The largest absolute Gasteiger partial charge is 0.444 e. The lowest BCUT2D eigenvalue weighted by Crippen LogP contribution is -2.51. The first-order valence-corrected chi connectivity index (χ1v) is 5.62. The van der Waals surface area contributed by atoms with E-state index in [-0.39, 0.29) is 19.2 Å². The normalized spacial score (nSPS) is 26.7. The second-order valence-electron chi connectivity index (χ2n) is 5.20. The molecule has 0 aromatic rings. The Morgan fingerprint density at radius 1 is 1.44 bits per heavy atom. The molecule has 0 saturated carbocycles. The van der Waals surface area contributed by atoms with E-state index < -0.39 is 17.8 Å². The van der Waals surface area contributed by atoms with Gasteiger partial charge in [-0.25, -0.2) is 4.79 Å². The van der Waals surface area contributed by atoms with Crippen LogP contribution in [0.1, 0.15) is 33.6 Å². The number of aliphatic hydroxyl groups excluding tert-OH is 2. The van der Waals surface area contributed by atoms with Crippen LogP contribution in [0.15, 0.2) is 0 Å². The lowest BCUT2D eigenvalue weighted by Gasteiger charge is -2.37. The first-order chi connectivity index (χ1) is 7.33. The van der Waals surface area contributed by atoms with Gasteiger partial charge < -0.3 is 19.8 Å². The molecule has 94 valence electrons. The zero-order chi connectivity index (χ0) is 12.3. The summed E-state index contributed by atoms with van der Waals surface area (Å²) < 4.78 is 5.22. The number of nitrogens with zero attached hydrogens (tertiary/aromatic N) is 1. The van der Waals surface area contributed by atoms with E-state index in [4.69, 9.17) is 9.84 Å². The van der Waals surface area contributed by atoms with Crippen molar-refractivity contribution >= 4 is 6.09 Å². The van der Waals surface area contributed by atoms with Gasteiger partial charge in [-0.05, 0) is 33.6 Å². The number of carbonyl (C=O) groups is 1. The monoisotopic (exact) mass is 231 g/mol. The Labute approximate surface area is 96.0 Å².